The molecule has 4 nitrogen and oxygen atoms in total. The maximum absolute atomic E-state index is 11.0. The van der Waals surface area contributed by atoms with E-state index >= 15 is 0 Å². The number of carbonyl (C=O) groups excluding carboxylic acids is 1. The number of nitrogens with two attached hydrogens (primary N) is 1. The number of benzene rings is 1. The number of likely N-dealkylation sites (tertiary alicyclic amines) is 1. The van der Waals surface area contributed by atoms with E-state index in [0.29, 0.717) is 6.04 Å². The van der Waals surface area contributed by atoms with Gasteiger partial charge in [0.1, 0.15) is 0 Å². The lowest BCUT2D eigenvalue weighted by Gasteiger charge is -2.32. The molecule has 1 aliphatic rings. The molecule has 0 atom stereocenters. The van der Waals surface area contributed by atoms with Gasteiger partial charge in [0, 0.05) is 32.9 Å². The first kappa shape index (κ1) is 13.9. The van der Waals surface area contributed by atoms with Crippen molar-refractivity contribution in [1.82, 2.24) is 4.90 Å². The predicted molar refractivity (Wildman–Crippen MR) is 84.7 cm³/mol. The van der Waals surface area contributed by atoms with Crippen molar-refractivity contribution in [3.63, 3.8) is 0 Å². The molecule has 1 saturated heterocycles. The van der Waals surface area contributed by atoms with E-state index < -0.39 is 0 Å². The van der Waals surface area contributed by atoms with Gasteiger partial charge in [0.25, 0.3) is 0 Å². The van der Waals surface area contributed by atoms with E-state index in [4.69, 9.17) is 5.73 Å². The van der Waals surface area contributed by atoms with Gasteiger partial charge in [0.2, 0.25) is 0 Å². The van der Waals surface area contributed by atoms with E-state index in [2.05, 4.69) is 62.0 Å². The maximum Gasteiger partial charge on any atom is 0.314 e. The van der Waals surface area contributed by atoms with Crippen LogP contribution in [0.5, 0.6) is 0 Å². The number of anilines is 1. The van der Waals surface area contributed by atoms with Gasteiger partial charge in [-0.3, -0.25) is 0 Å². The van der Waals surface area contributed by atoms with Crippen LogP contribution in [0.15, 0.2) is 22.7 Å². The number of rotatable bonds is 2. The second-order valence-electron chi connectivity index (χ2n) is 4.37. The molecule has 0 radical (unpaired) electrons. The normalized spacial score (nSPS) is 16.7. The van der Waals surface area contributed by atoms with Gasteiger partial charge in [0.05, 0.1) is 0 Å². The Morgan fingerprint density at radius 1 is 1.44 bits per heavy atom. The number of hydrogen-bond acceptors (Lipinski definition) is 2. The Hall–Kier alpha value is -0.500. The molecule has 1 fully saturated rings. The monoisotopic (exact) mass is 423 g/mol. The minimum atomic E-state index is -0.316. The summed E-state index contributed by atoms with van der Waals surface area (Å²) in [5, 5.41) is 3.51. The van der Waals surface area contributed by atoms with Gasteiger partial charge in [-0.15, -0.1) is 0 Å². The number of piperidine rings is 1. The van der Waals surface area contributed by atoms with Crippen LogP contribution in [0, 0.1) is 3.57 Å². The predicted octanol–water partition coefficient (Wildman–Crippen LogP) is 3.01. The van der Waals surface area contributed by atoms with E-state index in [0.717, 1.165) is 36.1 Å². The Morgan fingerprint density at radius 2 is 2.11 bits per heavy atom. The quantitative estimate of drug-likeness (QED) is 0.718. The van der Waals surface area contributed by atoms with Crippen LogP contribution in [0.3, 0.4) is 0 Å². The van der Waals surface area contributed by atoms with Gasteiger partial charge < -0.3 is 16.0 Å². The molecule has 98 valence electrons. The molecule has 0 unspecified atom stereocenters. The number of amides is 2. The third kappa shape index (κ3) is 3.50. The molecule has 0 aliphatic carbocycles. The van der Waals surface area contributed by atoms with Crippen molar-refractivity contribution in [2.24, 2.45) is 5.73 Å². The molecule has 1 aromatic carbocycles. The number of nitrogens with one attached hydrogen (secondary N) is 1. The van der Waals surface area contributed by atoms with E-state index in [-0.39, 0.29) is 6.03 Å². The molecule has 2 amide bonds. The van der Waals surface area contributed by atoms with Crippen molar-refractivity contribution in [2.45, 2.75) is 18.9 Å². The van der Waals surface area contributed by atoms with Crippen LogP contribution in [-0.4, -0.2) is 30.1 Å². The Balaban J connectivity index is 1.93. The fourth-order valence-electron chi connectivity index (χ4n) is 2.07. The van der Waals surface area contributed by atoms with Crippen LogP contribution in [-0.2, 0) is 0 Å². The van der Waals surface area contributed by atoms with Gasteiger partial charge in [-0.05, 0) is 69.6 Å². The summed E-state index contributed by atoms with van der Waals surface area (Å²) in [7, 11) is 0. The SMILES string of the molecule is NC(=O)N1CCC(Nc2ccc(I)cc2Br)CC1. The van der Waals surface area contributed by atoms with Gasteiger partial charge >= 0.3 is 6.03 Å². The van der Waals surface area contributed by atoms with E-state index in [9.17, 15) is 4.79 Å². The van der Waals surface area contributed by atoms with E-state index in [1.54, 1.807) is 4.90 Å². The molecule has 1 heterocycles. The van der Waals surface area contributed by atoms with Crippen molar-refractivity contribution in [2.75, 3.05) is 18.4 Å². The third-order valence-electron chi connectivity index (χ3n) is 3.10. The van der Waals surface area contributed by atoms with E-state index in [1.165, 1.54) is 3.57 Å². The van der Waals surface area contributed by atoms with Gasteiger partial charge in [-0.25, -0.2) is 4.79 Å². The number of carbonyl (C=O) groups is 1. The summed E-state index contributed by atoms with van der Waals surface area (Å²) in [5.41, 5.74) is 6.37. The topological polar surface area (TPSA) is 58.4 Å². The summed E-state index contributed by atoms with van der Waals surface area (Å²) < 4.78 is 2.28. The molecule has 6 heteroatoms. The fraction of sp³-hybridized carbons (Fsp3) is 0.417. The molecule has 0 spiro atoms. The fourth-order valence-corrected chi connectivity index (χ4v) is 3.48. The first-order valence-corrected chi connectivity index (χ1v) is 7.69. The molecular weight excluding hydrogens is 409 g/mol. The smallest absolute Gasteiger partial charge is 0.314 e. The van der Waals surface area contributed by atoms with Crippen LogP contribution in [0.25, 0.3) is 0 Å². The van der Waals surface area contributed by atoms with Crippen molar-refractivity contribution in [1.29, 1.82) is 0 Å². The van der Waals surface area contributed by atoms with Gasteiger partial charge in [-0.2, -0.15) is 0 Å². The molecular formula is C12H15BrIN3O. The third-order valence-corrected chi connectivity index (χ3v) is 4.42. The lowest BCUT2D eigenvalue weighted by atomic mass is 10.1. The summed E-state index contributed by atoms with van der Waals surface area (Å²) in [6.07, 6.45) is 1.86. The van der Waals surface area contributed by atoms with Crippen LogP contribution < -0.4 is 11.1 Å². The number of urea groups is 1. The molecule has 2 rings (SSSR count). The van der Waals surface area contributed by atoms with Crippen LogP contribution in [0.4, 0.5) is 10.5 Å². The van der Waals surface area contributed by atoms with Gasteiger partial charge in [-0.1, -0.05) is 0 Å². The summed E-state index contributed by atoms with van der Waals surface area (Å²) in [4.78, 5) is 12.7. The highest BCUT2D eigenvalue weighted by molar-refractivity contribution is 14.1. The average molecular weight is 424 g/mol. The highest BCUT2D eigenvalue weighted by Gasteiger charge is 2.21. The van der Waals surface area contributed by atoms with Crippen molar-refractivity contribution < 1.29 is 4.79 Å². The Bertz CT molecular complexity index is 447. The largest absolute Gasteiger partial charge is 0.381 e. The minimum absolute atomic E-state index is 0.316. The Labute approximate surface area is 129 Å². The summed E-state index contributed by atoms with van der Waals surface area (Å²) in [5.74, 6) is 0. The summed E-state index contributed by atoms with van der Waals surface area (Å²) in [6, 6.07) is 6.32. The summed E-state index contributed by atoms with van der Waals surface area (Å²) in [6.45, 7) is 1.46. The molecule has 0 bridgehead atoms. The summed E-state index contributed by atoms with van der Waals surface area (Å²) >= 11 is 5.84. The zero-order chi connectivity index (χ0) is 13.1. The van der Waals surface area contributed by atoms with Crippen molar-refractivity contribution in [3.8, 4) is 0 Å². The van der Waals surface area contributed by atoms with Gasteiger partial charge in [0.15, 0.2) is 0 Å². The lowest BCUT2D eigenvalue weighted by Crippen LogP contribution is -2.44. The molecule has 3 N–H and O–H groups in total. The highest BCUT2D eigenvalue weighted by atomic mass is 127. The van der Waals surface area contributed by atoms with Crippen LogP contribution in [0.1, 0.15) is 12.8 Å². The second kappa shape index (κ2) is 6.10. The van der Waals surface area contributed by atoms with Crippen molar-refractivity contribution >= 4 is 50.2 Å². The average Bonchev–Trinajstić information content (AvgIpc) is 2.33. The second-order valence-corrected chi connectivity index (χ2v) is 6.47. The van der Waals surface area contributed by atoms with Crippen LogP contribution in [0.2, 0.25) is 0 Å². The first-order chi connectivity index (χ1) is 8.56. The molecule has 0 saturated carbocycles. The standard InChI is InChI=1S/C12H15BrIN3O/c13-10-7-8(14)1-2-11(10)16-9-3-5-17(6-4-9)12(15)18/h1-2,7,9,16H,3-6H2,(H2,15,18). The molecule has 1 aromatic rings. The van der Waals surface area contributed by atoms with E-state index in [1.807, 2.05) is 0 Å². The Kier molecular flexibility index (Phi) is 4.71. The van der Waals surface area contributed by atoms with Crippen molar-refractivity contribution in [3.05, 3.63) is 26.2 Å². The zero-order valence-electron chi connectivity index (χ0n) is 9.83. The highest BCUT2D eigenvalue weighted by Crippen LogP contribution is 2.26. The molecule has 1 aliphatic heterocycles. The number of halogens is 2. The number of primary amides is 1. The van der Waals surface area contributed by atoms with Crippen LogP contribution >= 0.6 is 38.5 Å². The maximum atomic E-state index is 11.0. The molecule has 18 heavy (non-hydrogen) atoms. The first-order valence-electron chi connectivity index (χ1n) is 5.82. The zero-order valence-corrected chi connectivity index (χ0v) is 13.6. The number of hydrogen-bond donors (Lipinski definition) is 2. The lowest BCUT2D eigenvalue weighted by molar-refractivity contribution is 0.193. The Morgan fingerprint density at radius 3 is 2.67 bits per heavy atom. The minimum Gasteiger partial charge on any atom is -0.381 e. The molecule has 0 aromatic heterocycles. The number of nitrogens with zero attached hydrogens (tertiary/aromatic N) is 1.